The van der Waals surface area contributed by atoms with Crippen molar-refractivity contribution in [1.29, 1.82) is 0 Å². The first-order valence-electron chi connectivity index (χ1n) is 10.8. The molecule has 0 saturated carbocycles. The van der Waals surface area contributed by atoms with E-state index in [1.807, 2.05) is 24.4 Å². The SMILES string of the molecule is CC1CCN(c2ccc(N3C(=S)NC(c4ccccn4)C3c3ccc(Br)s3)cc2Cl)CC1. The number of rotatable bonds is 4. The van der Waals surface area contributed by atoms with Crippen molar-refractivity contribution in [3.05, 3.63) is 74.1 Å². The Kier molecular flexibility index (Phi) is 6.43. The fourth-order valence-electron chi connectivity index (χ4n) is 4.56. The minimum atomic E-state index is -0.0451. The van der Waals surface area contributed by atoms with Crippen molar-refractivity contribution in [3.8, 4) is 0 Å². The van der Waals surface area contributed by atoms with Gasteiger partial charge in [0.05, 0.1) is 32.3 Å². The van der Waals surface area contributed by atoms with E-state index in [1.54, 1.807) is 11.3 Å². The van der Waals surface area contributed by atoms with Gasteiger partial charge in [0, 0.05) is 29.9 Å². The van der Waals surface area contributed by atoms with E-state index in [9.17, 15) is 0 Å². The van der Waals surface area contributed by atoms with Crippen LogP contribution in [0.1, 0.15) is 42.4 Å². The molecule has 32 heavy (non-hydrogen) atoms. The summed E-state index contributed by atoms with van der Waals surface area (Å²) in [5, 5.41) is 4.97. The van der Waals surface area contributed by atoms with Crippen LogP contribution in [0, 0.1) is 5.92 Å². The maximum absolute atomic E-state index is 6.83. The number of halogens is 2. The van der Waals surface area contributed by atoms with Crippen LogP contribution in [0.2, 0.25) is 5.02 Å². The predicted octanol–water partition coefficient (Wildman–Crippen LogP) is 6.97. The number of piperidine rings is 1. The largest absolute Gasteiger partial charge is 0.370 e. The van der Waals surface area contributed by atoms with Crippen molar-refractivity contribution in [2.45, 2.75) is 31.8 Å². The first kappa shape index (κ1) is 22.1. The van der Waals surface area contributed by atoms with Crippen molar-refractivity contribution in [3.63, 3.8) is 0 Å². The molecule has 0 radical (unpaired) electrons. The summed E-state index contributed by atoms with van der Waals surface area (Å²) in [5.41, 5.74) is 3.07. The van der Waals surface area contributed by atoms with Crippen LogP contribution in [0.25, 0.3) is 0 Å². The molecule has 166 valence electrons. The second-order valence-corrected chi connectivity index (χ2v) is 11.7. The Morgan fingerprint density at radius 3 is 2.62 bits per heavy atom. The minimum Gasteiger partial charge on any atom is -0.370 e. The Morgan fingerprint density at radius 1 is 1.16 bits per heavy atom. The Morgan fingerprint density at radius 2 is 1.97 bits per heavy atom. The summed E-state index contributed by atoms with van der Waals surface area (Å²) in [4.78, 5) is 10.4. The lowest BCUT2D eigenvalue weighted by Crippen LogP contribution is -2.33. The third-order valence-corrected chi connectivity index (χ3v) is 8.63. The van der Waals surface area contributed by atoms with Gasteiger partial charge in [-0.25, -0.2) is 0 Å². The molecule has 2 aliphatic rings. The van der Waals surface area contributed by atoms with Gasteiger partial charge in [-0.3, -0.25) is 4.98 Å². The summed E-state index contributed by atoms with van der Waals surface area (Å²) in [5.74, 6) is 0.784. The molecular weight excluding hydrogens is 524 g/mol. The highest BCUT2D eigenvalue weighted by atomic mass is 79.9. The summed E-state index contributed by atoms with van der Waals surface area (Å²) >= 11 is 18.0. The lowest BCUT2D eigenvalue weighted by molar-refractivity contribution is 0.438. The highest BCUT2D eigenvalue weighted by molar-refractivity contribution is 9.11. The van der Waals surface area contributed by atoms with E-state index in [0.29, 0.717) is 5.11 Å². The van der Waals surface area contributed by atoms with Gasteiger partial charge < -0.3 is 15.1 Å². The van der Waals surface area contributed by atoms with E-state index in [1.165, 1.54) is 17.7 Å². The van der Waals surface area contributed by atoms with Gasteiger partial charge in [0.1, 0.15) is 0 Å². The average molecular weight is 548 g/mol. The van der Waals surface area contributed by atoms with Gasteiger partial charge in [-0.1, -0.05) is 24.6 Å². The summed E-state index contributed by atoms with van der Waals surface area (Å²) in [7, 11) is 0. The van der Waals surface area contributed by atoms with Crippen LogP contribution >= 0.6 is 51.1 Å². The predicted molar refractivity (Wildman–Crippen MR) is 142 cm³/mol. The molecule has 1 N–H and O–H groups in total. The third-order valence-electron chi connectivity index (χ3n) is 6.32. The number of anilines is 2. The fourth-order valence-corrected chi connectivity index (χ4v) is 6.75. The quantitative estimate of drug-likeness (QED) is 0.356. The number of hydrogen-bond donors (Lipinski definition) is 1. The smallest absolute Gasteiger partial charge is 0.174 e. The molecule has 2 unspecified atom stereocenters. The van der Waals surface area contributed by atoms with Gasteiger partial charge in [0.25, 0.3) is 0 Å². The first-order chi connectivity index (χ1) is 15.5. The molecule has 2 aromatic heterocycles. The van der Waals surface area contributed by atoms with E-state index < -0.39 is 0 Å². The van der Waals surface area contributed by atoms with Crippen LogP contribution in [0.3, 0.4) is 0 Å². The average Bonchev–Trinajstić information content (AvgIpc) is 3.38. The Hall–Kier alpha value is -1.67. The normalized spacial score (nSPS) is 21.8. The Balaban J connectivity index is 1.51. The molecule has 5 rings (SSSR count). The van der Waals surface area contributed by atoms with Gasteiger partial charge in [-0.05, 0) is 89.4 Å². The number of hydrogen-bond acceptors (Lipinski definition) is 4. The number of thiocarbonyl (C=S) groups is 1. The molecule has 2 fully saturated rings. The summed E-state index contributed by atoms with van der Waals surface area (Å²) in [6, 6.07) is 16.5. The lowest BCUT2D eigenvalue weighted by atomic mass is 9.98. The van der Waals surface area contributed by atoms with Gasteiger partial charge in [0.2, 0.25) is 0 Å². The van der Waals surface area contributed by atoms with Crippen LogP contribution in [-0.2, 0) is 0 Å². The number of aromatic nitrogens is 1. The molecule has 0 spiro atoms. The fraction of sp³-hybridized carbons (Fsp3) is 0.333. The monoisotopic (exact) mass is 546 g/mol. The van der Waals surface area contributed by atoms with Crippen LogP contribution in [0.4, 0.5) is 11.4 Å². The molecule has 2 saturated heterocycles. The molecule has 0 aliphatic carbocycles. The molecule has 4 heterocycles. The topological polar surface area (TPSA) is 31.4 Å². The van der Waals surface area contributed by atoms with Gasteiger partial charge in [-0.2, -0.15) is 0 Å². The van der Waals surface area contributed by atoms with Crippen molar-refractivity contribution in [2.75, 3.05) is 22.9 Å². The van der Waals surface area contributed by atoms with Gasteiger partial charge in [0.15, 0.2) is 5.11 Å². The molecular formula is C24H24BrClN4S2. The number of nitrogens with one attached hydrogen (secondary N) is 1. The molecule has 1 aromatic carbocycles. The number of pyridine rings is 1. The standard InChI is InChI=1S/C24H24BrClN4S2/c1-15-9-12-29(13-10-15)19-6-5-16(14-17(19)26)30-23(20-7-8-21(25)32-20)22(28-24(30)31)18-4-2-3-11-27-18/h2-8,11,14-15,22-23H,9-10,12-13H2,1H3,(H,28,31). The second kappa shape index (κ2) is 9.29. The summed E-state index contributed by atoms with van der Waals surface area (Å²) in [6.45, 7) is 4.43. The number of thiophene rings is 1. The minimum absolute atomic E-state index is 0.00791. The van der Waals surface area contributed by atoms with Crippen molar-refractivity contribution < 1.29 is 0 Å². The molecule has 0 bridgehead atoms. The molecule has 2 aliphatic heterocycles. The summed E-state index contributed by atoms with van der Waals surface area (Å²) < 4.78 is 1.10. The lowest BCUT2D eigenvalue weighted by Gasteiger charge is -2.33. The number of nitrogens with zero attached hydrogens (tertiary/aromatic N) is 3. The Bertz CT molecular complexity index is 1110. The molecule has 0 amide bonds. The summed E-state index contributed by atoms with van der Waals surface area (Å²) in [6.07, 6.45) is 4.24. The van der Waals surface area contributed by atoms with Gasteiger partial charge >= 0.3 is 0 Å². The zero-order chi connectivity index (χ0) is 22.2. The highest BCUT2D eigenvalue weighted by Crippen LogP contribution is 2.45. The van der Waals surface area contributed by atoms with Crippen molar-refractivity contribution in [2.24, 2.45) is 5.92 Å². The molecule has 2 atom stereocenters. The van der Waals surface area contributed by atoms with Gasteiger partial charge in [-0.15, -0.1) is 11.3 Å². The molecule has 3 aromatic rings. The first-order valence-corrected chi connectivity index (χ1v) is 13.2. The third kappa shape index (κ3) is 4.28. The van der Waals surface area contributed by atoms with E-state index >= 15 is 0 Å². The molecule has 8 heteroatoms. The van der Waals surface area contributed by atoms with Crippen molar-refractivity contribution in [1.82, 2.24) is 10.3 Å². The highest BCUT2D eigenvalue weighted by Gasteiger charge is 2.41. The van der Waals surface area contributed by atoms with Crippen LogP contribution in [0.15, 0.2) is 58.5 Å². The maximum Gasteiger partial charge on any atom is 0.174 e. The van der Waals surface area contributed by atoms with E-state index in [-0.39, 0.29) is 12.1 Å². The van der Waals surface area contributed by atoms with E-state index in [0.717, 1.165) is 44.9 Å². The van der Waals surface area contributed by atoms with Crippen LogP contribution < -0.4 is 15.1 Å². The van der Waals surface area contributed by atoms with Crippen LogP contribution in [0.5, 0.6) is 0 Å². The van der Waals surface area contributed by atoms with Crippen molar-refractivity contribution >= 4 is 67.6 Å². The zero-order valence-electron chi connectivity index (χ0n) is 17.7. The second-order valence-electron chi connectivity index (χ2n) is 8.44. The van der Waals surface area contributed by atoms with Crippen LogP contribution in [-0.4, -0.2) is 23.2 Å². The Labute approximate surface area is 211 Å². The molecule has 4 nitrogen and oxygen atoms in total. The zero-order valence-corrected chi connectivity index (χ0v) is 21.6. The number of benzene rings is 1. The van der Waals surface area contributed by atoms with E-state index in [2.05, 4.69) is 73.3 Å². The maximum atomic E-state index is 6.83. The van der Waals surface area contributed by atoms with E-state index in [4.69, 9.17) is 23.8 Å².